The van der Waals surface area contributed by atoms with Crippen molar-refractivity contribution in [2.75, 3.05) is 19.7 Å². The van der Waals surface area contributed by atoms with Crippen LogP contribution in [-0.2, 0) is 14.3 Å². The normalized spacial score (nSPS) is 12.3. The van der Waals surface area contributed by atoms with Crippen LogP contribution in [0.3, 0.4) is 0 Å². The molecule has 0 spiro atoms. The summed E-state index contributed by atoms with van der Waals surface area (Å²) in [5, 5.41) is 2.56. The van der Waals surface area contributed by atoms with Crippen molar-refractivity contribution in [3.8, 4) is 0 Å². The first kappa shape index (κ1) is 16.9. The molecule has 3 N–H and O–H groups in total. The van der Waals surface area contributed by atoms with Gasteiger partial charge >= 0.3 is 5.97 Å². The van der Waals surface area contributed by atoms with Gasteiger partial charge in [-0.15, -0.1) is 0 Å². The smallest absolute Gasteiger partial charge is 0.325 e. The van der Waals surface area contributed by atoms with Gasteiger partial charge in [-0.2, -0.15) is 0 Å². The molecule has 0 aliphatic rings. The highest BCUT2D eigenvalue weighted by atomic mass is 16.5. The average Bonchev–Trinajstić information content (AvgIpc) is 2.31. The van der Waals surface area contributed by atoms with Crippen LogP contribution in [0, 0.1) is 11.8 Å². The molecular formula is C13H26N2O3. The van der Waals surface area contributed by atoms with E-state index in [-0.39, 0.29) is 12.5 Å². The summed E-state index contributed by atoms with van der Waals surface area (Å²) in [5.41, 5.74) is 5.54. The maximum atomic E-state index is 11.5. The van der Waals surface area contributed by atoms with Crippen molar-refractivity contribution < 1.29 is 14.3 Å². The first-order chi connectivity index (χ1) is 8.51. The molecule has 0 aliphatic carbocycles. The number of nitrogens with one attached hydrogen (secondary N) is 1. The van der Waals surface area contributed by atoms with Gasteiger partial charge in [0.05, 0.1) is 6.61 Å². The molecule has 0 heterocycles. The average molecular weight is 258 g/mol. The number of carbonyl (C=O) groups excluding carboxylic acids is 2. The Morgan fingerprint density at radius 2 is 1.94 bits per heavy atom. The third kappa shape index (κ3) is 8.06. The number of hydrogen-bond donors (Lipinski definition) is 2. The molecule has 0 aromatic heterocycles. The summed E-state index contributed by atoms with van der Waals surface area (Å²) in [4.78, 5) is 22.6. The molecule has 0 rings (SSSR count). The predicted octanol–water partition coefficient (Wildman–Crippen LogP) is 1.07. The van der Waals surface area contributed by atoms with Crippen molar-refractivity contribution in [1.29, 1.82) is 0 Å². The van der Waals surface area contributed by atoms with Crippen LogP contribution in [0.25, 0.3) is 0 Å². The summed E-state index contributed by atoms with van der Waals surface area (Å²) >= 11 is 0. The Kier molecular flexibility index (Phi) is 9.28. The SMILES string of the molecule is CCOC(=O)CNC(=O)CCC(CCN)C(C)C. The molecule has 0 aromatic rings. The third-order valence-electron chi connectivity index (χ3n) is 2.96. The van der Waals surface area contributed by atoms with Crippen LogP contribution in [0.5, 0.6) is 0 Å². The molecule has 0 aromatic carbocycles. The summed E-state index contributed by atoms with van der Waals surface area (Å²) in [6, 6.07) is 0. The van der Waals surface area contributed by atoms with E-state index in [1.54, 1.807) is 6.92 Å². The lowest BCUT2D eigenvalue weighted by Crippen LogP contribution is -2.31. The lowest BCUT2D eigenvalue weighted by atomic mass is 9.88. The topological polar surface area (TPSA) is 81.4 Å². The van der Waals surface area contributed by atoms with E-state index in [9.17, 15) is 9.59 Å². The van der Waals surface area contributed by atoms with Gasteiger partial charge in [0.15, 0.2) is 0 Å². The first-order valence-electron chi connectivity index (χ1n) is 6.63. The van der Waals surface area contributed by atoms with Gasteiger partial charge in [0.1, 0.15) is 6.54 Å². The second-order valence-corrected chi connectivity index (χ2v) is 4.70. The molecule has 0 bridgehead atoms. The van der Waals surface area contributed by atoms with E-state index in [1.807, 2.05) is 0 Å². The fourth-order valence-electron chi connectivity index (χ4n) is 1.81. The van der Waals surface area contributed by atoms with Gasteiger partial charge in [0.2, 0.25) is 5.91 Å². The van der Waals surface area contributed by atoms with Crippen LogP contribution in [-0.4, -0.2) is 31.6 Å². The van der Waals surface area contributed by atoms with Gasteiger partial charge in [-0.25, -0.2) is 0 Å². The van der Waals surface area contributed by atoms with Crippen LogP contribution in [0.2, 0.25) is 0 Å². The molecule has 18 heavy (non-hydrogen) atoms. The molecule has 0 radical (unpaired) electrons. The van der Waals surface area contributed by atoms with Gasteiger partial charge in [-0.1, -0.05) is 13.8 Å². The molecule has 0 fully saturated rings. The molecule has 1 atom stereocenters. The zero-order valence-corrected chi connectivity index (χ0v) is 11.7. The Hall–Kier alpha value is -1.10. The highest BCUT2D eigenvalue weighted by Gasteiger charge is 2.14. The van der Waals surface area contributed by atoms with Crippen molar-refractivity contribution in [2.24, 2.45) is 17.6 Å². The highest BCUT2D eigenvalue weighted by molar-refractivity contribution is 5.81. The standard InChI is InChI=1S/C13H26N2O3/c1-4-18-13(17)9-15-12(16)6-5-11(7-8-14)10(2)3/h10-11H,4-9,14H2,1-3H3,(H,15,16). The van der Waals surface area contributed by atoms with Crippen molar-refractivity contribution in [2.45, 2.75) is 40.0 Å². The van der Waals surface area contributed by atoms with Gasteiger partial charge in [-0.3, -0.25) is 9.59 Å². The van der Waals surface area contributed by atoms with Crippen LogP contribution < -0.4 is 11.1 Å². The second-order valence-electron chi connectivity index (χ2n) is 4.70. The Balaban J connectivity index is 3.83. The largest absolute Gasteiger partial charge is 0.465 e. The number of esters is 1. The van der Waals surface area contributed by atoms with Crippen molar-refractivity contribution in [3.05, 3.63) is 0 Å². The van der Waals surface area contributed by atoms with Crippen LogP contribution in [0.15, 0.2) is 0 Å². The second kappa shape index (κ2) is 9.88. The maximum absolute atomic E-state index is 11.5. The fraction of sp³-hybridized carbons (Fsp3) is 0.846. The number of ether oxygens (including phenoxy) is 1. The van der Waals surface area contributed by atoms with Crippen LogP contribution in [0.4, 0.5) is 0 Å². The zero-order chi connectivity index (χ0) is 14.0. The molecule has 0 aliphatic heterocycles. The highest BCUT2D eigenvalue weighted by Crippen LogP contribution is 2.20. The number of rotatable bonds is 9. The number of nitrogens with two attached hydrogens (primary N) is 1. The van der Waals surface area contributed by atoms with Gasteiger partial charge < -0.3 is 15.8 Å². The summed E-state index contributed by atoms with van der Waals surface area (Å²) in [6.45, 7) is 6.94. The monoisotopic (exact) mass is 258 g/mol. The minimum Gasteiger partial charge on any atom is -0.465 e. The lowest BCUT2D eigenvalue weighted by molar-refractivity contribution is -0.143. The molecular weight excluding hydrogens is 232 g/mol. The van der Waals surface area contributed by atoms with E-state index in [2.05, 4.69) is 19.2 Å². The molecule has 1 amide bonds. The third-order valence-corrected chi connectivity index (χ3v) is 2.96. The molecule has 0 saturated carbocycles. The Morgan fingerprint density at radius 1 is 1.28 bits per heavy atom. The van der Waals surface area contributed by atoms with Crippen molar-refractivity contribution in [1.82, 2.24) is 5.32 Å². The Labute approximate surface area is 109 Å². The lowest BCUT2D eigenvalue weighted by Gasteiger charge is -2.19. The first-order valence-corrected chi connectivity index (χ1v) is 6.63. The summed E-state index contributed by atoms with van der Waals surface area (Å²) in [7, 11) is 0. The number of amides is 1. The Bertz CT molecular complexity index is 255. The molecule has 0 saturated heterocycles. The molecule has 1 unspecified atom stereocenters. The van der Waals surface area contributed by atoms with E-state index in [1.165, 1.54) is 0 Å². The van der Waals surface area contributed by atoms with E-state index in [0.29, 0.717) is 31.4 Å². The van der Waals surface area contributed by atoms with E-state index in [4.69, 9.17) is 10.5 Å². The maximum Gasteiger partial charge on any atom is 0.325 e. The molecule has 5 heteroatoms. The van der Waals surface area contributed by atoms with Crippen molar-refractivity contribution >= 4 is 11.9 Å². The number of hydrogen-bond acceptors (Lipinski definition) is 4. The van der Waals surface area contributed by atoms with E-state index >= 15 is 0 Å². The minimum atomic E-state index is -0.395. The zero-order valence-electron chi connectivity index (χ0n) is 11.7. The summed E-state index contributed by atoms with van der Waals surface area (Å²) in [6.07, 6.45) is 2.18. The Morgan fingerprint density at radius 3 is 2.44 bits per heavy atom. The van der Waals surface area contributed by atoms with E-state index in [0.717, 1.165) is 12.8 Å². The van der Waals surface area contributed by atoms with Gasteiger partial charge in [-0.05, 0) is 38.1 Å². The predicted molar refractivity (Wildman–Crippen MR) is 70.9 cm³/mol. The number of carbonyl (C=O) groups is 2. The molecule has 5 nitrogen and oxygen atoms in total. The van der Waals surface area contributed by atoms with E-state index < -0.39 is 5.97 Å². The minimum absolute atomic E-state index is 0.0457. The van der Waals surface area contributed by atoms with Gasteiger partial charge in [0.25, 0.3) is 0 Å². The van der Waals surface area contributed by atoms with Gasteiger partial charge in [0, 0.05) is 6.42 Å². The van der Waals surface area contributed by atoms with Crippen LogP contribution in [0.1, 0.15) is 40.0 Å². The fourth-order valence-corrected chi connectivity index (χ4v) is 1.81. The summed E-state index contributed by atoms with van der Waals surface area (Å²) in [5.74, 6) is 0.480. The van der Waals surface area contributed by atoms with Crippen LogP contribution >= 0.6 is 0 Å². The summed E-state index contributed by atoms with van der Waals surface area (Å²) < 4.78 is 4.72. The van der Waals surface area contributed by atoms with Crippen molar-refractivity contribution in [3.63, 3.8) is 0 Å². The molecule has 106 valence electrons. The quantitative estimate of drug-likeness (QED) is 0.606.